The molecule has 2 N–H and O–H groups in total. The van der Waals surface area contributed by atoms with E-state index in [9.17, 15) is 4.79 Å². The van der Waals surface area contributed by atoms with Gasteiger partial charge in [0, 0.05) is 5.69 Å². The minimum Gasteiger partial charge on any atom is -0.497 e. The van der Waals surface area contributed by atoms with Crippen LogP contribution in [0.15, 0.2) is 28.6 Å². The van der Waals surface area contributed by atoms with Gasteiger partial charge >= 0.3 is 0 Å². The molecule has 0 saturated heterocycles. The third-order valence-corrected chi connectivity index (χ3v) is 4.35. The highest BCUT2D eigenvalue weighted by Gasteiger charge is 2.06. The van der Waals surface area contributed by atoms with E-state index in [1.54, 1.807) is 31.4 Å². The quantitative estimate of drug-likeness (QED) is 0.656. The Hall–Kier alpha value is -1.38. The Balaban J connectivity index is 1.85. The molecule has 0 fully saturated rings. The molecule has 0 atom stereocenters. The third kappa shape index (κ3) is 4.34. The molecular formula is C11H11N3O2S3. The number of amides is 1. The topological polar surface area (TPSA) is 67.0 Å². The van der Waals surface area contributed by atoms with Gasteiger partial charge in [0.05, 0.1) is 12.9 Å². The lowest BCUT2D eigenvalue weighted by Gasteiger charge is -2.05. The zero-order valence-electron chi connectivity index (χ0n) is 10.0. The summed E-state index contributed by atoms with van der Waals surface area (Å²) in [4.78, 5) is 11.7. The van der Waals surface area contributed by atoms with Gasteiger partial charge in [-0.2, -0.15) is 5.10 Å². The van der Waals surface area contributed by atoms with Gasteiger partial charge in [-0.1, -0.05) is 23.1 Å². The van der Waals surface area contributed by atoms with Crippen molar-refractivity contribution in [3.63, 3.8) is 0 Å². The summed E-state index contributed by atoms with van der Waals surface area (Å²) < 4.78 is 6.41. The Morgan fingerprint density at radius 1 is 1.53 bits per heavy atom. The van der Waals surface area contributed by atoms with Crippen LogP contribution in [0.3, 0.4) is 0 Å². The highest BCUT2D eigenvalue weighted by Crippen LogP contribution is 2.20. The van der Waals surface area contributed by atoms with Gasteiger partial charge in [-0.05, 0) is 36.5 Å². The molecule has 0 radical (unpaired) electrons. The van der Waals surface area contributed by atoms with Gasteiger partial charge in [-0.15, -0.1) is 0 Å². The second-order valence-corrected chi connectivity index (χ2v) is 6.33. The highest BCUT2D eigenvalue weighted by molar-refractivity contribution is 8.01. The number of H-pyrrole nitrogens is 1. The van der Waals surface area contributed by atoms with E-state index < -0.39 is 0 Å². The number of anilines is 1. The van der Waals surface area contributed by atoms with Crippen LogP contribution < -0.4 is 10.1 Å². The molecule has 8 heteroatoms. The minimum atomic E-state index is -0.0868. The van der Waals surface area contributed by atoms with Gasteiger partial charge in [0.25, 0.3) is 0 Å². The fourth-order valence-electron chi connectivity index (χ4n) is 1.28. The fourth-order valence-corrected chi connectivity index (χ4v) is 3.16. The van der Waals surface area contributed by atoms with Crippen LogP contribution in [0, 0.1) is 3.95 Å². The molecular weight excluding hydrogens is 302 g/mol. The molecule has 5 nitrogen and oxygen atoms in total. The molecule has 0 aliphatic heterocycles. The Morgan fingerprint density at radius 3 is 2.84 bits per heavy atom. The average Bonchev–Trinajstić information content (AvgIpc) is 2.83. The Kier molecular flexibility index (Phi) is 4.94. The van der Waals surface area contributed by atoms with Crippen LogP contribution >= 0.6 is 35.3 Å². The van der Waals surface area contributed by atoms with Crippen molar-refractivity contribution in [1.29, 1.82) is 0 Å². The molecule has 1 heterocycles. The van der Waals surface area contributed by atoms with Crippen LogP contribution in [0.25, 0.3) is 0 Å². The zero-order chi connectivity index (χ0) is 13.7. The van der Waals surface area contributed by atoms with E-state index in [0.29, 0.717) is 9.71 Å². The number of aromatic amines is 1. The first kappa shape index (κ1) is 14.0. The summed E-state index contributed by atoms with van der Waals surface area (Å²) in [6.45, 7) is 0. The van der Waals surface area contributed by atoms with E-state index in [4.69, 9.17) is 17.0 Å². The first-order valence-electron chi connectivity index (χ1n) is 5.29. The average molecular weight is 313 g/mol. The van der Waals surface area contributed by atoms with Gasteiger partial charge in [0.15, 0.2) is 8.29 Å². The molecule has 1 aromatic heterocycles. The van der Waals surface area contributed by atoms with Gasteiger partial charge in [0.1, 0.15) is 5.75 Å². The standard InChI is InChI=1S/C11H11N3O2S3/c1-16-8-4-2-7(3-5-8)12-9(15)6-18-11-14-13-10(17)19-11/h2-5H,6H2,1H3,(H,12,15)(H,13,17). The van der Waals surface area contributed by atoms with Crippen molar-refractivity contribution in [2.24, 2.45) is 0 Å². The molecule has 0 aliphatic carbocycles. The number of nitrogens with zero attached hydrogens (tertiary/aromatic N) is 1. The molecule has 100 valence electrons. The molecule has 0 aliphatic rings. The summed E-state index contributed by atoms with van der Waals surface area (Å²) in [5, 5.41) is 9.44. The third-order valence-electron chi connectivity index (χ3n) is 2.12. The number of aromatic nitrogens is 2. The van der Waals surface area contributed by atoms with Crippen molar-refractivity contribution in [2.75, 3.05) is 18.2 Å². The summed E-state index contributed by atoms with van der Waals surface area (Å²) in [6.07, 6.45) is 0. The summed E-state index contributed by atoms with van der Waals surface area (Å²) >= 11 is 7.62. The Labute approximate surface area is 123 Å². The molecule has 1 amide bonds. The maximum Gasteiger partial charge on any atom is 0.234 e. The summed E-state index contributed by atoms with van der Waals surface area (Å²) in [7, 11) is 1.60. The predicted molar refractivity (Wildman–Crippen MR) is 79.6 cm³/mol. The number of nitrogens with one attached hydrogen (secondary N) is 2. The Morgan fingerprint density at radius 2 is 2.26 bits per heavy atom. The molecule has 0 saturated carbocycles. The number of rotatable bonds is 5. The summed E-state index contributed by atoms with van der Waals surface area (Å²) in [5.74, 6) is 0.960. The van der Waals surface area contributed by atoms with Crippen LogP contribution in [0.5, 0.6) is 5.75 Å². The van der Waals surface area contributed by atoms with Gasteiger partial charge < -0.3 is 10.1 Å². The van der Waals surface area contributed by atoms with Crippen molar-refractivity contribution in [3.05, 3.63) is 28.2 Å². The van der Waals surface area contributed by atoms with E-state index >= 15 is 0 Å². The maximum absolute atomic E-state index is 11.7. The maximum atomic E-state index is 11.7. The zero-order valence-corrected chi connectivity index (χ0v) is 12.5. The number of hydrogen-bond acceptors (Lipinski definition) is 6. The summed E-state index contributed by atoms with van der Waals surface area (Å²) in [6, 6.07) is 7.17. The van der Waals surface area contributed by atoms with Crippen LogP contribution in [0.2, 0.25) is 0 Å². The number of benzene rings is 1. The highest BCUT2D eigenvalue weighted by atomic mass is 32.2. The lowest BCUT2D eigenvalue weighted by Crippen LogP contribution is -2.13. The van der Waals surface area contributed by atoms with Gasteiger partial charge in [-0.25, -0.2) is 0 Å². The monoisotopic (exact) mass is 313 g/mol. The van der Waals surface area contributed by atoms with Gasteiger partial charge in [-0.3, -0.25) is 9.89 Å². The van der Waals surface area contributed by atoms with Crippen LogP contribution in [-0.4, -0.2) is 29.0 Å². The predicted octanol–water partition coefficient (Wildman–Crippen LogP) is 2.94. The molecule has 0 spiro atoms. The number of carbonyl (C=O) groups is 1. The van der Waals surface area contributed by atoms with E-state index in [0.717, 1.165) is 15.8 Å². The van der Waals surface area contributed by atoms with Crippen LogP contribution in [0.1, 0.15) is 0 Å². The number of carbonyl (C=O) groups excluding carboxylic acids is 1. The molecule has 2 rings (SSSR count). The SMILES string of the molecule is COc1ccc(NC(=O)CSc2n[nH]c(=S)s2)cc1. The van der Waals surface area contributed by atoms with Crippen LogP contribution in [0.4, 0.5) is 5.69 Å². The first-order valence-corrected chi connectivity index (χ1v) is 7.50. The smallest absolute Gasteiger partial charge is 0.234 e. The van der Waals surface area contributed by atoms with E-state index in [1.165, 1.54) is 23.1 Å². The lowest BCUT2D eigenvalue weighted by atomic mass is 10.3. The van der Waals surface area contributed by atoms with Gasteiger partial charge in [0.2, 0.25) is 5.91 Å². The Bertz CT molecular complexity index is 606. The normalized spacial score (nSPS) is 10.2. The molecule has 0 bridgehead atoms. The first-order chi connectivity index (χ1) is 9.17. The van der Waals surface area contributed by atoms with Crippen molar-refractivity contribution in [1.82, 2.24) is 10.2 Å². The molecule has 0 unspecified atom stereocenters. The van der Waals surface area contributed by atoms with E-state index in [2.05, 4.69) is 15.5 Å². The van der Waals surface area contributed by atoms with Crippen molar-refractivity contribution >= 4 is 46.9 Å². The minimum absolute atomic E-state index is 0.0868. The largest absolute Gasteiger partial charge is 0.497 e. The summed E-state index contributed by atoms with van der Waals surface area (Å²) in [5.41, 5.74) is 0.737. The fraction of sp³-hybridized carbons (Fsp3) is 0.182. The van der Waals surface area contributed by atoms with Crippen molar-refractivity contribution in [2.45, 2.75) is 4.34 Å². The number of methoxy groups -OCH3 is 1. The second-order valence-electron chi connectivity index (χ2n) is 3.44. The molecule has 19 heavy (non-hydrogen) atoms. The van der Waals surface area contributed by atoms with E-state index in [-0.39, 0.29) is 5.91 Å². The second kappa shape index (κ2) is 6.69. The molecule has 1 aromatic carbocycles. The van der Waals surface area contributed by atoms with Crippen molar-refractivity contribution in [3.8, 4) is 5.75 Å². The lowest BCUT2D eigenvalue weighted by molar-refractivity contribution is -0.113. The number of thioether (sulfide) groups is 1. The van der Waals surface area contributed by atoms with Crippen LogP contribution in [-0.2, 0) is 4.79 Å². The molecule has 2 aromatic rings. The number of hydrogen-bond donors (Lipinski definition) is 2. The van der Waals surface area contributed by atoms with E-state index in [1.807, 2.05) is 0 Å². The number of ether oxygens (including phenoxy) is 1. The van der Waals surface area contributed by atoms with Crippen molar-refractivity contribution < 1.29 is 9.53 Å².